The molecule has 0 fully saturated rings. The predicted molar refractivity (Wildman–Crippen MR) is 191 cm³/mol. The molecule has 260 valence electrons. The monoisotopic (exact) mass is 633 g/mol. The second kappa shape index (κ2) is 43.4. The normalized spacial score (nSPS) is 11.5. The van der Waals surface area contributed by atoms with Crippen LogP contribution in [0, 0.1) is 0 Å². The molecule has 0 amide bonds. The molecule has 6 N–H and O–H groups in total. The summed E-state index contributed by atoms with van der Waals surface area (Å²) < 4.78 is 31.6. The topological polar surface area (TPSA) is 127 Å². The fourth-order valence-electron chi connectivity index (χ4n) is 4.78. The van der Waals surface area contributed by atoms with E-state index in [4.69, 9.17) is 29.0 Å². The quantitative estimate of drug-likeness (QED) is 0.0354. The molecule has 0 rings (SSSR count). The van der Waals surface area contributed by atoms with Crippen molar-refractivity contribution in [1.29, 1.82) is 0 Å². The number of hydrogen-bond acceptors (Lipinski definition) is 4. The molecular formula is C36H76N2O4S. The van der Waals surface area contributed by atoms with E-state index in [9.17, 15) is 0 Å². The van der Waals surface area contributed by atoms with Crippen LogP contribution in [0.1, 0.15) is 194 Å². The first-order valence-corrected chi connectivity index (χ1v) is 19.6. The third-order valence-corrected chi connectivity index (χ3v) is 7.43. The molecule has 6 nitrogen and oxygen atoms in total. The molecule has 0 aromatic carbocycles. The maximum absolute atomic E-state index is 8.74. The highest BCUT2D eigenvalue weighted by atomic mass is 32.3. The molecule has 0 bridgehead atoms. The molecule has 0 unspecified atom stereocenters. The molecule has 0 aromatic rings. The van der Waals surface area contributed by atoms with Gasteiger partial charge in [0, 0.05) is 0 Å². The smallest absolute Gasteiger partial charge is 0.330 e. The Hall–Kier alpha value is -0.730. The maximum atomic E-state index is 8.74. The van der Waals surface area contributed by atoms with E-state index in [0.717, 1.165) is 13.1 Å². The lowest BCUT2D eigenvalue weighted by Crippen LogP contribution is -1.97. The third-order valence-electron chi connectivity index (χ3n) is 7.43. The van der Waals surface area contributed by atoms with Gasteiger partial charge in [-0.25, -0.2) is 0 Å². The first-order valence-electron chi connectivity index (χ1n) is 18.2. The summed E-state index contributed by atoms with van der Waals surface area (Å²) in [5.74, 6) is 0. The molecule has 0 saturated carbocycles. The zero-order chi connectivity index (χ0) is 32.5. The second-order valence-electron chi connectivity index (χ2n) is 11.9. The van der Waals surface area contributed by atoms with Gasteiger partial charge in [0.05, 0.1) is 0 Å². The third kappa shape index (κ3) is 65.1. The fraction of sp³-hybridized carbons (Fsp3) is 0.889. The van der Waals surface area contributed by atoms with E-state index < -0.39 is 10.4 Å². The van der Waals surface area contributed by atoms with Crippen LogP contribution in [0.2, 0.25) is 0 Å². The molecule has 0 aliphatic rings. The Bertz CT molecular complexity index is 591. The average Bonchev–Trinajstić information content (AvgIpc) is 2.97. The van der Waals surface area contributed by atoms with Gasteiger partial charge < -0.3 is 11.5 Å². The van der Waals surface area contributed by atoms with Crippen LogP contribution in [0.4, 0.5) is 0 Å². The van der Waals surface area contributed by atoms with Crippen molar-refractivity contribution in [3.8, 4) is 0 Å². The van der Waals surface area contributed by atoms with Gasteiger partial charge in [0.2, 0.25) is 0 Å². The summed E-state index contributed by atoms with van der Waals surface area (Å²) >= 11 is 0. The van der Waals surface area contributed by atoms with Crippen LogP contribution < -0.4 is 11.5 Å². The van der Waals surface area contributed by atoms with E-state index >= 15 is 0 Å². The lowest BCUT2D eigenvalue weighted by Gasteiger charge is -1.99. The number of unbranched alkanes of at least 4 members (excludes halogenated alkanes) is 24. The maximum Gasteiger partial charge on any atom is 0.394 e. The van der Waals surface area contributed by atoms with Gasteiger partial charge in [-0.15, -0.1) is 0 Å². The van der Waals surface area contributed by atoms with Crippen molar-refractivity contribution in [2.45, 2.75) is 194 Å². The zero-order valence-corrected chi connectivity index (χ0v) is 29.6. The van der Waals surface area contributed by atoms with E-state index in [1.54, 1.807) is 0 Å². The van der Waals surface area contributed by atoms with Crippen molar-refractivity contribution in [3.05, 3.63) is 24.3 Å². The summed E-state index contributed by atoms with van der Waals surface area (Å²) in [6.07, 6.45) is 47.8. The first kappa shape index (κ1) is 46.7. The van der Waals surface area contributed by atoms with Gasteiger partial charge in [0.25, 0.3) is 0 Å². The van der Waals surface area contributed by atoms with Crippen LogP contribution in [-0.4, -0.2) is 30.6 Å². The predicted octanol–water partition coefficient (Wildman–Crippen LogP) is 11.3. The van der Waals surface area contributed by atoms with Crippen LogP contribution in [0.3, 0.4) is 0 Å². The lowest BCUT2D eigenvalue weighted by atomic mass is 10.1. The number of allylic oxidation sites excluding steroid dienone is 4. The van der Waals surface area contributed by atoms with Crippen molar-refractivity contribution in [1.82, 2.24) is 0 Å². The number of hydrogen-bond donors (Lipinski definition) is 4. The molecular weight excluding hydrogens is 556 g/mol. The largest absolute Gasteiger partial charge is 0.394 e. The van der Waals surface area contributed by atoms with Crippen molar-refractivity contribution in [3.63, 3.8) is 0 Å². The minimum Gasteiger partial charge on any atom is -0.330 e. The Morgan fingerprint density at radius 3 is 0.791 bits per heavy atom. The molecule has 0 radical (unpaired) electrons. The minimum absolute atomic E-state index is 0.862. The van der Waals surface area contributed by atoms with E-state index in [-0.39, 0.29) is 0 Å². The number of rotatable bonds is 30. The molecule has 0 heterocycles. The molecule has 0 aromatic heterocycles. The van der Waals surface area contributed by atoms with Crippen LogP contribution in [-0.2, 0) is 10.4 Å². The summed E-state index contributed by atoms with van der Waals surface area (Å²) in [6.45, 7) is 6.28. The molecule has 43 heavy (non-hydrogen) atoms. The number of nitrogens with two attached hydrogens (primary N) is 2. The Labute approximate surface area is 269 Å². The molecule has 7 heteroatoms. The Morgan fingerprint density at radius 1 is 0.395 bits per heavy atom. The van der Waals surface area contributed by atoms with E-state index in [1.165, 1.54) is 180 Å². The molecule has 0 saturated heterocycles. The fourth-order valence-corrected chi connectivity index (χ4v) is 4.78. The van der Waals surface area contributed by atoms with Gasteiger partial charge in [-0.2, -0.15) is 8.42 Å². The summed E-state index contributed by atoms with van der Waals surface area (Å²) in [7, 11) is -4.67. The highest BCUT2D eigenvalue weighted by Crippen LogP contribution is 2.11. The SMILES string of the molecule is CCCCCCCC/C=C\CCCCCCCCN.CCCCCCCC/C=C\CCCCCCCCN.O=S(=O)(O)O. The molecule has 0 spiro atoms. The summed E-state index contributed by atoms with van der Waals surface area (Å²) in [6, 6.07) is 0. The van der Waals surface area contributed by atoms with Crippen molar-refractivity contribution in [2.75, 3.05) is 13.1 Å². The Morgan fingerprint density at radius 2 is 0.581 bits per heavy atom. The van der Waals surface area contributed by atoms with E-state index in [0.29, 0.717) is 0 Å². The molecule has 0 aliphatic carbocycles. The first-order chi connectivity index (χ1) is 20.8. The van der Waals surface area contributed by atoms with Crippen molar-refractivity contribution < 1.29 is 17.5 Å². The van der Waals surface area contributed by atoms with Crippen LogP contribution in [0.25, 0.3) is 0 Å². The molecule has 0 aliphatic heterocycles. The zero-order valence-electron chi connectivity index (χ0n) is 28.8. The van der Waals surface area contributed by atoms with Gasteiger partial charge >= 0.3 is 10.4 Å². The van der Waals surface area contributed by atoms with Crippen LogP contribution in [0.15, 0.2) is 24.3 Å². The average molecular weight is 633 g/mol. The summed E-state index contributed by atoms with van der Waals surface area (Å²) in [5, 5.41) is 0. The van der Waals surface area contributed by atoms with E-state index in [1.807, 2.05) is 0 Å². The van der Waals surface area contributed by atoms with Crippen molar-refractivity contribution >= 4 is 10.4 Å². The minimum atomic E-state index is -4.67. The van der Waals surface area contributed by atoms with Crippen molar-refractivity contribution in [2.24, 2.45) is 11.5 Å². The highest BCUT2D eigenvalue weighted by molar-refractivity contribution is 7.79. The van der Waals surface area contributed by atoms with E-state index in [2.05, 4.69) is 38.2 Å². The van der Waals surface area contributed by atoms with Gasteiger partial charge in [0.15, 0.2) is 0 Å². The van der Waals surface area contributed by atoms with Gasteiger partial charge in [-0.3, -0.25) is 9.11 Å². The standard InChI is InChI=1S/2C18H37N.H2O4S/c2*1-2-3-4-5-6-7-8-9-10-11-12-13-14-15-16-17-18-19;1-5(2,3)4/h2*9-10H,2-8,11-19H2,1H3;(H2,1,2,3,4)/b2*10-9-;. The molecule has 0 atom stereocenters. The summed E-state index contributed by atoms with van der Waals surface area (Å²) in [5.41, 5.74) is 10.9. The van der Waals surface area contributed by atoms with Gasteiger partial charge in [0.1, 0.15) is 0 Å². The second-order valence-corrected chi connectivity index (χ2v) is 12.8. The summed E-state index contributed by atoms with van der Waals surface area (Å²) in [4.78, 5) is 0. The Kier molecular flexibility index (Phi) is 47.1. The van der Waals surface area contributed by atoms with Crippen LogP contribution >= 0.6 is 0 Å². The Balaban J connectivity index is -0.000000642. The van der Waals surface area contributed by atoms with Gasteiger partial charge in [-0.05, 0) is 77.3 Å². The lowest BCUT2D eigenvalue weighted by molar-refractivity contribution is 0.381. The van der Waals surface area contributed by atoms with Gasteiger partial charge in [-0.1, -0.05) is 154 Å². The van der Waals surface area contributed by atoms with Crippen LogP contribution in [0.5, 0.6) is 0 Å². The highest BCUT2D eigenvalue weighted by Gasteiger charge is 1.92.